The molecule has 0 aliphatic rings. The normalized spacial score (nSPS) is 12.6. The molecule has 2 aromatic rings. The number of ether oxygens (including phenoxy) is 1. The van der Waals surface area contributed by atoms with Crippen LogP contribution in [0.15, 0.2) is 70.5 Å². The smallest absolute Gasteiger partial charge is 0.0551 e. The van der Waals surface area contributed by atoms with Crippen molar-refractivity contribution in [3.05, 3.63) is 60.7 Å². The maximum Gasteiger partial charge on any atom is 0.0551 e. The minimum Gasteiger partial charge on any atom is -0.378 e. The van der Waals surface area contributed by atoms with E-state index in [2.05, 4.69) is 80.8 Å². The van der Waals surface area contributed by atoms with Crippen molar-refractivity contribution in [2.45, 2.75) is 29.7 Å². The lowest BCUT2D eigenvalue weighted by Crippen LogP contribution is -2.13. The highest BCUT2D eigenvalue weighted by Gasteiger charge is 2.22. The Bertz CT molecular complexity index is 468. The van der Waals surface area contributed by atoms with Gasteiger partial charge in [-0.05, 0) is 54.2 Å². The minimum atomic E-state index is -1.02. The third-order valence-corrected chi connectivity index (χ3v) is 7.08. The fourth-order valence-corrected chi connectivity index (χ4v) is 4.95. The quantitative estimate of drug-likeness (QED) is 0.729. The third-order valence-electron chi connectivity index (χ3n) is 3.47. The zero-order chi connectivity index (χ0) is 14.4. The number of hydrogen-bond acceptors (Lipinski definition) is 1. The van der Waals surface area contributed by atoms with Gasteiger partial charge in [0.05, 0.1) is 12.7 Å². The lowest BCUT2D eigenvalue weighted by Gasteiger charge is -2.37. The van der Waals surface area contributed by atoms with Gasteiger partial charge in [-0.2, -0.15) is 10.0 Å². The van der Waals surface area contributed by atoms with Crippen molar-refractivity contribution >= 4 is 10.0 Å². The first-order chi connectivity index (χ1) is 9.63. The summed E-state index contributed by atoms with van der Waals surface area (Å²) in [7, 11) is -1.02. The van der Waals surface area contributed by atoms with Gasteiger partial charge in [-0.25, -0.2) is 0 Å². The highest BCUT2D eigenvalue weighted by atomic mass is 32.3. The first-order valence-electron chi connectivity index (χ1n) is 7.11. The summed E-state index contributed by atoms with van der Waals surface area (Å²) in [5, 5.41) is 0. The highest BCUT2D eigenvalue weighted by molar-refractivity contribution is 8.33. The number of rotatable bonds is 6. The van der Waals surface area contributed by atoms with Crippen LogP contribution in [0.5, 0.6) is 0 Å². The highest BCUT2D eigenvalue weighted by Crippen LogP contribution is 2.59. The maximum atomic E-state index is 5.80. The molecule has 2 heteroatoms. The van der Waals surface area contributed by atoms with Crippen LogP contribution >= 0.6 is 10.0 Å². The molecule has 0 aromatic heterocycles. The Balaban J connectivity index is 2.29. The summed E-state index contributed by atoms with van der Waals surface area (Å²) in [6, 6.07) is 21.7. The van der Waals surface area contributed by atoms with Gasteiger partial charge in [0.25, 0.3) is 0 Å². The molecular formula is C18H24OS. The van der Waals surface area contributed by atoms with E-state index in [4.69, 9.17) is 4.74 Å². The summed E-state index contributed by atoms with van der Waals surface area (Å²) in [5.41, 5.74) is 0. The summed E-state index contributed by atoms with van der Waals surface area (Å²) in [5.74, 6) is 1.07. The maximum absolute atomic E-state index is 5.80. The predicted molar refractivity (Wildman–Crippen MR) is 88.9 cm³/mol. The summed E-state index contributed by atoms with van der Waals surface area (Å²) in [6.45, 7) is 5.00. The zero-order valence-corrected chi connectivity index (χ0v) is 13.4. The van der Waals surface area contributed by atoms with E-state index >= 15 is 0 Å². The third kappa shape index (κ3) is 3.65. The van der Waals surface area contributed by atoms with Crippen LogP contribution in [0.3, 0.4) is 0 Å². The van der Waals surface area contributed by atoms with Gasteiger partial charge in [0.2, 0.25) is 0 Å². The van der Waals surface area contributed by atoms with Crippen molar-refractivity contribution in [3.8, 4) is 0 Å². The van der Waals surface area contributed by atoms with Crippen LogP contribution in [0.2, 0.25) is 0 Å². The van der Waals surface area contributed by atoms with Crippen molar-refractivity contribution in [3.63, 3.8) is 0 Å². The minimum absolute atomic E-state index is 0.296. The predicted octanol–water partition coefficient (Wildman–Crippen LogP) is 4.96. The molecule has 0 bridgehead atoms. The fourth-order valence-electron chi connectivity index (χ4n) is 2.26. The van der Waals surface area contributed by atoms with Crippen LogP contribution in [-0.4, -0.2) is 24.7 Å². The van der Waals surface area contributed by atoms with E-state index in [0.717, 1.165) is 12.4 Å². The molecule has 2 aromatic carbocycles. The van der Waals surface area contributed by atoms with Gasteiger partial charge in [-0.1, -0.05) is 36.4 Å². The SMILES string of the molecule is CC(C)OCCS(C)(c1ccccc1)c1ccccc1. The fraction of sp³-hybridized carbons (Fsp3) is 0.333. The van der Waals surface area contributed by atoms with Crippen molar-refractivity contribution in [1.29, 1.82) is 0 Å². The van der Waals surface area contributed by atoms with Gasteiger partial charge >= 0.3 is 0 Å². The molecule has 0 saturated heterocycles. The molecule has 0 saturated carbocycles. The van der Waals surface area contributed by atoms with E-state index in [-0.39, 0.29) is 0 Å². The van der Waals surface area contributed by atoms with Crippen molar-refractivity contribution in [2.24, 2.45) is 0 Å². The Morgan fingerprint density at radius 3 is 1.70 bits per heavy atom. The van der Waals surface area contributed by atoms with E-state index in [1.807, 2.05) is 0 Å². The summed E-state index contributed by atoms with van der Waals surface area (Å²) < 4.78 is 5.80. The van der Waals surface area contributed by atoms with Crippen molar-refractivity contribution < 1.29 is 4.74 Å². The molecule has 0 amide bonds. The Morgan fingerprint density at radius 2 is 1.30 bits per heavy atom. The van der Waals surface area contributed by atoms with Crippen LogP contribution in [0.4, 0.5) is 0 Å². The Hall–Kier alpha value is -1.25. The second kappa shape index (κ2) is 6.96. The summed E-state index contributed by atoms with van der Waals surface area (Å²) in [6.07, 6.45) is 2.69. The lowest BCUT2D eigenvalue weighted by atomic mass is 10.4. The number of hydrogen-bond donors (Lipinski definition) is 0. The van der Waals surface area contributed by atoms with Crippen LogP contribution in [0, 0.1) is 0 Å². The molecule has 108 valence electrons. The average Bonchev–Trinajstić information content (AvgIpc) is 2.48. The molecule has 0 N–H and O–H groups in total. The molecule has 20 heavy (non-hydrogen) atoms. The van der Waals surface area contributed by atoms with Crippen LogP contribution in [-0.2, 0) is 4.74 Å². The van der Waals surface area contributed by atoms with E-state index in [1.165, 1.54) is 9.79 Å². The Labute approximate surface area is 124 Å². The first kappa shape index (κ1) is 15.1. The largest absolute Gasteiger partial charge is 0.378 e. The molecule has 0 unspecified atom stereocenters. The van der Waals surface area contributed by atoms with Crippen LogP contribution in [0.1, 0.15) is 13.8 Å². The molecule has 0 spiro atoms. The molecule has 0 heterocycles. The molecule has 0 fully saturated rings. The van der Waals surface area contributed by atoms with Crippen molar-refractivity contribution in [2.75, 3.05) is 18.6 Å². The molecule has 0 atom stereocenters. The van der Waals surface area contributed by atoms with Gasteiger partial charge in [0.1, 0.15) is 0 Å². The Kier molecular flexibility index (Phi) is 5.27. The van der Waals surface area contributed by atoms with E-state index < -0.39 is 10.0 Å². The zero-order valence-electron chi connectivity index (χ0n) is 12.6. The monoisotopic (exact) mass is 288 g/mol. The lowest BCUT2D eigenvalue weighted by molar-refractivity contribution is 0.0917. The second-order valence-corrected chi connectivity index (χ2v) is 8.86. The van der Waals surface area contributed by atoms with Gasteiger partial charge in [-0.15, -0.1) is 0 Å². The molecule has 0 aliphatic carbocycles. The molecule has 0 radical (unpaired) electrons. The van der Waals surface area contributed by atoms with Gasteiger partial charge in [0, 0.05) is 5.75 Å². The van der Waals surface area contributed by atoms with Gasteiger partial charge in [0.15, 0.2) is 0 Å². The van der Waals surface area contributed by atoms with Crippen LogP contribution < -0.4 is 0 Å². The van der Waals surface area contributed by atoms with Crippen LogP contribution in [0.25, 0.3) is 0 Å². The molecule has 1 nitrogen and oxygen atoms in total. The van der Waals surface area contributed by atoms with Gasteiger partial charge < -0.3 is 4.74 Å². The summed E-state index contributed by atoms with van der Waals surface area (Å²) >= 11 is 0. The molecule has 0 aliphatic heterocycles. The first-order valence-corrected chi connectivity index (χ1v) is 9.32. The van der Waals surface area contributed by atoms with Gasteiger partial charge in [-0.3, -0.25) is 0 Å². The van der Waals surface area contributed by atoms with Crippen molar-refractivity contribution in [1.82, 2.24) is 0 Å². The molecular weight excluding hydrogens is 264 g/mol. The standard InChI is InChI=1S/C18H24OS/c1-16(2)19-14-15-20(3,17-10-6-4-7-11-17)18-12-8-5-9-13-18/h4-13,16H,14-15H2,1-3H3. The average molecular weight is 288 g/mol. The Morgan fingerprint density at radius 1 is 0.850 bits per heavy atom. The van der Waals surface area contributed by atoms with E-state index in [1.54, 1.807) is 0 Å². The van der Waals surface area contributed by atoms with E-state index in [0.29, 0.717) is 6.10 Å². The topological polar surface area (TPSA) is 9.23 Å². The van der Waals surface area contributed by atoms with E-state index in [9.17, 15) is 0 Å². The summed E-state index contributed by atoms with van der Waals surface area (Å²) in [4.78, 5) is 2.86. The second-order valence-electron chi connectivity index (χ2n) is 5.34. The number of benzene rings is 2. The molecule has 2 rings (SSSR count).